The highest BCUT2D eigenvalue weighted by Crippen LogP contribution is 2.30. The summed E-state index contributed by atoms with van der Waals surface area (Å²) in [6.45, 7) is 8.48. The standard InChI is InChI=1S/C21H24N4O/c1-4-25-19(23-18-6-5-10-22-20(18)25)16-9-11-24(13-16)21(26)17-12-14(2)7-8-15(17)3/h5-8,10,12,16H,4,9,11,13H2,1-3H3. The third-order valence-electron chi connectivity index (χ3n) is 5.31. The molecule has 0 spiro atoms. The van der Waals surface area contributed by atoms with Crippen molar-refractivity contribution < 1.29 is 4.79 Å². The van der Waals surface area contributed by atoms with Crippen LogP contribution in [0.15, 0.2) is 36.5 Å². The van der Waals surface area contributed by atoms with Crippen LogP contribution in [0.5, 0.6) is 0 Å². The van der Waals surface area contributed by atoms with Gasteiger partial charge in [0, 0.05) is 37.3 Å². The summed E-state index contributed by atoms with van der Waals surface area (Å²) in [6, 6.07) is 10.0. The molecule has 0 radical (unpaired) electrons. The number of benzene rings is 1. The number of imidazole rings is 1. The van der Waals surface area contributed by atoms with Crippen LogP contribution in [0.1, 0.15) is 46.6 Å². The molecule has 1 fully saturated rings. The first-order chi connectivity index (χ1) is 12.6. The van der Waals surface area contributed by atoms with Crippen molar-refractivity contribution in [2.75, 3.05) is 13.1 Å². The third kappa shape index (κ3) is 2.77. The molecule has 3 heterocycles. The first-order valence-corrected chi connectivity index (χ1v) is 9.26. The second kappa shape index (κ2) is 6.56. The molecular weight excluding hydrogens is 324 g/mol. The number of nitrogens with zero attached hydrogens (tertiary/aromatic N) is 4. The predicted octanol–water partition coefficient (Wildman–Crippen LogP) is 3.70. The summed E-state index contributed by atoms with van der Waals surface area (Å²) >= 11 is 0. The fourth-order valence-corrected chi connectivity index (χ4v) is 3.89. The molecule has 0 saturated carbocycles. The Kier molecular flexibility index (Phi) is 4.23. The molecule has 1 aliphatic rings. The molecule has 1 aliphatic heterocycles. The average molecular weight is 348 g/mol. The van der Waals surface area contributed by atoms with Crippen LogP contribution in [0.4, 0.5) is 0 Å². The summed E-state index contributed by atoms with van der Waals surface area (Å²) in [5, 5.41) is 0. The third-order valence-corrected chi connectivity index (χ3v) is 5.31. The number of aromatic nitrogens is 3. The van der Waals surface area contributed by atoms with E-state index in [4.69, 9.17) is 4.98 Å². The quantitative estimate of drug-likeness (QED) is 0.725. The number of aryl methyl sites for hydroxylation is 3. The Labute approximate surface area is 153 Å². The zero-order chi connectivity index (χ0) is 18.3. The number of pyridine rings is 1. The lowest BCUT2D eigenvalue weighted by molar-refractivity contribution is 0.0789. The number of rotatable bonds is 3. The molecule has 5 nitrogen and oxygen atoms in total. The Hall–Kier alpha value is -2.69. The molecule has 1 saturated heterocycles. The highest BCUT2D eigenvalue weighted by Gasteiger charge is 2.31. The van der Waals surface area contributed by atoms with E-state index in [1.54, 1.807) is 0 Å². The Morgan fingerprint density at radius 2 is 2.12 bits per heavy atom. The SMILES string of the molecule is CCn1c(C2CCN(C(=O)c3cc(C)ccc3C)C2)nc2cccnc21. The van der Waals surface area contributed by atoms with Gasteiger partial charge in [0.05, 0.1) is 0 Å². The fourth-order valence-electron chi connectivity index (χ4n) is 3.89. The van der Waals surface area contributed by atoms with Gasteiger partial charge >= 0.3 is 0 Å². The molecule has 26 heavy (non-hydrogen) atoms. The maximum atomic E-state index is 13.0. The Bertz CT molecular complexity index is 975. The van der Waals surface area contributed by atoms with Crippen molar-refractivity contribution in [1.29, 1.82) is 0 Å². The predicted molar refractivity (Wildman–Crippen MR) is 102 cm³/mol. The fraction of sp³-hybridized carbons (Fsp3) is 0.381. The lowest BCUT2D eigenvalue weighted by atomic mass is 10.0. The zero-order valence-corrected chi connectivity index (χ0v) is 15.6. The van der Waals surface area contributed by atoms with Gasteiger partial charge in [-0.15, -0.1) is 0 Å². The lowest BCUT2D eigenvalue weighted by Crippen LogP contribution is -2.29. The molecule has 1 aromatic carbocycles. The number of fused-ring (bicyclic) bond motifs is 1. The first kappa shape index (κ1) is 16.8. The summed E-state index contributed by atoms with van der Waals surface area (Å²) in [6.07, 6.45) is 2.75. The average Bonchev–Trinajstić information content (AvgIpc) is 3.27. The molecule has 1 unspecified atom stereocenters. The van der Waals surface area contributed by atoms with Crippen molar-refractivity contribution in [2.24, 2.45) is 0 Å². The van der Waals surface area contributed by atoms with Crippen LogP contribution in [-0.2, 0) is 6.54 Å². The van der Waals surface area contributed by atoms with E-state index in [9.17, 15) is 4.79 Å². The van der Waals surface area contributed by atoms with Crippen LogP contribution in [0.25, 0.3) is 11.2 Å². The van der Waals surface area contributed by atoms with Gasteiger partial charge in [-0.05, 0) is 51.0 Å². The molecular formula is C21H24N4O. The van der Waals surface area contributed by atoms with E-state index < -0.39 is 0 Å². The van der Waals surface area contributed by atoms with E-state index in [0.29, 0.717) is 0 Å². The molecule has 4 rings (SSSR count). The maximum absolute atomic E-state index is 13.0. The van der Waals surface area contributed by atoms with Crippen molar-refractivity contribution >= 4 is 17.1 Å². The molecule has 3 aromatic rings. The molecule has 0 aliphatic carbocycles. The smallest absolute Gasteiger partial charge is 0.254 e. The molecule has 0 bridgehead atoms. The molecule has 1 atom stereocenters. The number of amides is 1. The Morgan fingerprint density at radius 1 is 1.27 bits per heavy atom. The lowest BCUT2D eigenvalue weighted by Gasteiger charge is -2.18. The normalized spacial score (nSPS) is 17.2. The van der Waals surface area contributed by atoms with Crippen LogP contribution < -0.4 is 0 Å². The van der Waals surface area contributed by atoms with Crippen molar-refractivity contribution in [1.82, 2.24) is 19.4 Å². The van der Waals surface area contributed by atoms with E-state index in [2.05, 4.69) is 22.5 Å². The van der Waals surface area contributed by atoms with Gasteiger partial charge in [-0.25, -0.2) is 9.97 Å². The minimum atomic E-state index is 0.131. The van der Waals surface area contributed by atoms with Gasteiger partial charge in [0.15, 0.2) is 5.65 Å². The van der Waals surface area contributed by atoms with E-state index in [-0.39, 0.29) is 11.8 Å². The van der Waals surface area contributed by atoms with Gasteiger partial charge in [0.1, 0.15) is 11.3 Å². The largest absolute Gasteiger partial charge is 0.338 e. The van der Waals surface area contributed by atoms with Crippen LogP contribution in [-0.4, -0.2) is 38.4 Å². The molecule has 0 N–H and O–H groups in total. The van der Waals surface area contributed by atoms with Gasteiger partial charge in [-0.1, -0.05) is 17.7 Å². The zero-order valence-electron chi connectivity index (χ0n) is 15.6. The topological polar surface area (TPSA) is 51.0 Å². The summed E-state index contributed by atoms with van der Waals surface area (Å²) < 4.78 is 2.19. The Morgan fingerprint density at radius 3 is 2.92 bits per heavy atom. The molecule has 134 valence electrons. The first-order valence-electron chi connectivity index (χ1n) is 9.26. The van der Waals surface area contributed by atoms with Crippen molar-refractivity contribution in [3.05, 3.63) is 59.0 Å². The monoisotopic (exact) mass is 348 g/mol. The highest BCUT2D eigenvalue weighted by atomic mass is 16.2. The van der Waals surface area contributed by atoms with Crippen LogP contribution in [0.3, 0.4) is 0 Å². The Balaban J connectivity index is 1.61. The minimum absolute atomic E-state index is 0.131. The van der Waals surface area contributed by atoms with E-state index >= 15 is 0 Å². The van der Waals surface area contributed by atoms with Gasteiger partial charge in [0.2, 0.25) is 0 Å². The van der Waals surface area contributed by atoms with E-state index in [0.717, 1.165) is 59.7 Å². The van der Waals surface area contributed by atoms with Gasteiger partial charge in [0.25, 0.3) is 5.91 Å². The highest BCUT2D eigenvalue weighted by molar-refractivity contribution is 5.96. The maximum Gasteiger partial charge on any atom is 0.254 e. The molecule has 2 aromatic heterocycles. The summed E-state index contributed by atoms with van der Waals surface area (Å²) in [5.74, 6) is 1.45. The van der Waals surface area contributed by atoms with E-state index in [1.165, 1.54) is 0 Å². The summed E-state index contributed by atoms with van der Waals surface area (Å²) in [7, 11) is 0. The minimum Gasteiger partial charge on any atom is -0.338 e. The van der Waals surface area contributed by atoms with Crippen molar-refractivity contribution in [2.45, 2.75) is 39.7 Å². The molecule has 5 heteroatoms. The molecule has 1 amide bonds. The number of carbonyl (C=O) groups is 1. The van der Waals surface area contributed by atoms with Crippen molar-refractivity contribution in [3.63, 3.8) is 0 Å². The van der Waals surface area contributed by atoms with Gasteiger partial charge in [-0.3, -0.25) is 4.79 Å². The summed E-state index contributed by atoms with van der Waals surface area (Å²) in [5.41, 5.74) is 4.84. The van der Waals surface area contributed by atoms with E-state index in [1.807, 2.05) is 49.2 Å². The number of hydrogen-bond acceptors (Lipinski definition) is 3. The van der Waals surface area contributed by atoms with Gasteiger partial charge in [-0.2, -0.15) is 0 Å². The van der Waals surface area contributed by atoms with Crippen LogP contribution >= 0.6 is 0 Å². The number of hydrogen-bond donors (Lipinski definition) is 0. The van der Waals surface area contributed by atoms with Crippen LogP contribution in [0.2, 0.25) is 0 Å². The number of carbonyl (C=O) groups excluding carboxylic acids is 1. The van der Waals surface area contributed by atoms with Gasteiger partial charge < -0.3 is 9.47 Å². The second-order valence-electron chi connectivity index (χ2n) is 7.12. The van der Waals surface area contributed by atoms with Crippen molar-refractivity contribution in [3.8, 4) is 0 Å². The second-order valence-corrected chi connectivity index (χ2v) is 7.12. The van der Waals surface area contributed by atoms with Crippen LogP contribution in [0, 0.1) is 13.8 Å². The summed E-state index contributed by atoms with van der Waals surface area (Å²) in [4.78, 5) is 24.3. The number of likely N-dealkylation sites (tertiary alicyclic amines) is 1.